The second-order valence-electron chi connectivity index (χ2n) is 7.19. The molecule has 0 aliphatic carbocycles. The van der Waals surface area contributed by atoms with Crippen molar-refractivity contribution >= 4 is 16.8 Å². The Labute approximate surface area is 152 Å². The molecule has 4 rings (SSSR count). The Morgan fingerprint density at radius 2 is 2.00 bits per heavy atom. The van der Waals surface area contributed by atoms with Gasteiger partial charge in [-0.1, -0.05) is 18.2 Å². The van der Waals surface area contributed by atoms with Gasteiger partial charge in [0.2, 0.25) is 0 Å². The summed E-state index contributed by atoms with van der Waals surface area (Å²) < 4.78 is 3.81. The predicted octanol–water partition coefficient (Wildman–Crippen LogP) is 2.14. The molecule has 0 unspecified atom stereocenters. The van der Waals surface area contributed by atoms with Crippen LogP contribution in [-0.2, 0) is 19.5 Å². The van der Waals surface area contributed by atoms with E-state index in [0.717, 1.165) is 40.8 Å². The summed E-state index contributed by atoms with van der Waals surface area (Å²) in [7, 11) is 1.83. The third-order valence-corrected chi connectivity index (χ3v) is 5.20. The monoisotopic (exact) mass is 352 g/mol. The third kappa shape index (κ3) is 2.70. The molecular formula is C20H24N4O2. The number of para-hydroxylation sites is 1. The van der Waals surface area contributed by atoms with Crippen LogP contribution in [0.1, 0.15) is 27.4 Å². The van der Waals surface area contributed by atoms with Crippen LogP contribution in [0.15, 0.2) is 30.3 Å². The standard InChI is InChI=1S/C20H24N4O2/c1-13-10-14(2)24(21-13)12-15(25)11-23-18-7-5-4-6-16(18)17-8-9-22(3)20(26)19(17)23/h4-7,10,15,25H,8-9,11-12H2,1-3H3/t15-/m1/s1. The zero-order valence-electron chi connectivity index (χ0n) is 15.4. The van der Waals surface area contributed by atoms with Crippen LogP contribution in [0.5, 0.6) is 0 Å². The van der Waals surface area contributed by atoms with Crippen LogP contribution < -0.4 is 0 Å². The Morgan fingerprint density at radius 3 is 2.73 bits per heavy atom. The number of aromatic nitrogens is 3. The van der Waals surface area contributed by atoms with Crippen molar-refractivity contribution in [2.24, 2.45) is 0 Å². The Balaban J connectivity index is 1.72. The number of hydrogen-bond acceptors (Lipinski definition) is 3. The molecule has 1 aliphatic heterocycles. The van der Waals surface area contributed by atoms with E-state index in [1.807, 2.05) is 54.4 Å². The van der Waals surface area contributed by atoms with Gasteiger partial charge in [-0.15, -0.1) is 0 Å². The Morgan fingerprint density at radius 1 is 1.23 bits per heavy atom. The lowest BCUT2D eigenvalue weighted by Gasteiger charge is -2.25. The fraction of sp³-hybridized carbons (Fsp3) is 0.400. The Kier molecular flexibility index (Phi) is 4.07. The van der Waals surface area contributed by atoms with Gasteiger partial charge in [0.15, 0.2) is 0 Å². The second-order valence-corrected chi connectivity index (χ2v) is 7.19. The minimum absolute atomic E-state index is 0.0285. The maximum atomic E-state index is 12.8. The summed E-state index contributed by atoms with van der Waals surface area (Å²) in [5.74, 6) is 0.0285. The summed E-state index contributed by atoms with van der Waals surface area (Å²) in [6.45, 7) is 5.44. The SMILES string of the molecule is Cc1cc(C)n(C[C@H](O)Cn2c3c(c4ccccc42)CCN(C)C3=O)n1. The molecule has 3 aromatic rings. The molecule has 6 heteroatoms. The zero-order valence-corrected chi connectivity index (χ0v) is 15.4. The molecule has 0 fully saturated rings. The van der Waals surface area contributed by atoms with Gasteiger partial charge >= 0.3 is 0 Å². The minimum Gasteiger partial charge on any atom is -0.389 e. The van der Waals surface area contributed by atoms with Crippen molar-refractivity contribution in [3.63, 3.8) is 0 Å². The molecule has 3 heterocycles. The summed E-state index contributed by atoms with van der Waals surface area (Å²) in [6.07, 6.45) is 0.214. The molecule has 2 aromatic heterocycles. The lowest BCUT2D eigenvalue weighted by Crippen LogP contribution is -2.36. The minimum atomic E-state index is -0.632. The Hall–Kier alpha value is -2.60. The van der Waals surface area contributed by atoms with E-state index in [9.17, 15) is 9.90 Å². The zero-order chi connectivity index (χ0) is 18.4. The first kappa shape index (κ1) is 16.8. The van der Waals surface area contributed by atoms with Gasteiger partial charge in [0.1, 0.15) is 5.69 Å². The van der Waals surface area contributed by atoms with E-state index < -0.39 is 6.10 Å². The molecule has 1 atom stereocenters. The summed E-state index contributed by atoms with van der Waals surface area (Å²) in [5.41, 5.74) is 4.79. The number of rotatable bonds is 4. The molecule has 1 aliphatic rings. The molecule has 6 nitrogen and oxygen atoms in total. The van der Waals surface area contributed by atoms with E-state index >= 15 is 0 Å². The predicted molar refractivity (Wildman–Crippen MR) is 100 cm³/mol. The lowest BCUT2D eigenvalue weighted by molar-refractivity contribution is 0.0761. The number of likely N-dealkylation sites (N-methyl/N-ethyl adjacent to an activating group) is 1. The number of hydrogen-bond donors (Lipinski definition) is 1. The average molecular weight is 352 g/mol. The highest BCUT2D eigenvalue weighted by atomic mass is 16.3. The van der Waals surface area contributed by atoms with Crippen molar-refractivity contribution < 1.29 is 9.90 Å². The maximum Gasteiger partial charge on any atom is 0.270 e. The van der Waals surface area contributed by atoms with Crippen molar-refractivity contribution in [2.45, 2.75) is 39.5 Å². The van der Waals surface area contributed by atoms with Crippen LogP contribution >= 0.6 is 0 Å². The smallest absolute Gasteiger partial charge is 0.270 e. The van der Waals surface area contributed by atoms with Crippen molar-refractivity contribution in [3.8, 4) is 0 Å². The molecule has 0 saturated carbocycles. The number of fused-ring (bicyclic) bond motifs is 3. The summed E-state index contributed by atoms with van der Waals surface area (Å²) in [5, 5.41) is 16.3. The highest BCUT2D eigenvalue weighted by molar-refractivity contribution is 6.02. The quantitative estimate of drug-likeness (QED) is 0.782. The number of aryl methyl sites for hydroxylation is 2. The number of amides is 1. The van der Waals surface area contributed by atoms with E-state index in [1.165, 1.54) is 0 Å². The molecule has 1 N–H and O–H groups in total. The van der Waals surface area contributed by atoms with Gasteiger partial charge in [0.05, 0.1) is 24.9 Å². The second kappa shape index (κ2) is 6.29. The van der Waals surface area contributed by atoms with Crippen LogP contribution in [-0.4, -0.2) is 50.0 Å². The summed E-state index contributed by atoms with van der Waals surface area (Å²) >= 11 is 0. The van der Waals surface area contributed by atoms with Gasteiger partial charge in [-0.2, -0.15) is 5.10 Å². The van der Waals surface area contributed by atoms with Gasteiger partial charge in [-0.05, 0) is 38.0 Å². The summed E-state index contributed by atoms with van der Waals surface area (Å²) in [4.78, 5) is 14.6. The first-order valence-corrected chi connectivity index (χ1v) is 9.00. The van der Waals surface area contributed by atoms with Crippen LogP contribution in [0.25, 0.3) is 10.9 Å². The number of aliphatic hydroxyl groups excluding tert-OH is 1. The maximum absolute atomic E-state index is 12.8. The van der Waals surface area contributed by atoms with Gasteiger partial charge < -0.3 is 14.6 Å². The van der Waals surface area contributed by atoms with Gasteiger partial charge in [-0.3, -0.25) is 9.48 Å². The molecular weight excluding hydrogens is 328 g/mol. The van der Waals surface area contributed by atoms with Crippen molar-refractivity contribution in [2.75, 3.05) is 13.6 Å². The molecule has 0 spiro atoms. The van der Waals surface area contributed by atoms with Crippen LogP contribution in [0.3, 0.4) is 0 Å². The molecule has 1 aromatic carbocycles. The lowest BCUT2D eigenvalue weighted by atomic mass is 10.0. The molecule has 0 saturated heterocycles. The first-order chi connectivity index (χ1) is 12.5. The van der Waals surface area contributed by atoms with E-state index in [2.05, 4.69) is 11.2 Å². The number of nitrogens with zero attached hydrogens (tertiary/aromatic N) is 4. The van der Waals surface area contributed by atoms with Gasteiger partial charge in [-0.25, -0.2) is 0 Å². The number of aliphatic hydroxyl groups is 1. The fourth-order valence-electron chi connectivity index (χ4n) is 3.95. The largest absolute Gasteiger partial charge is 0.389 e. The molecule has 26 heavy (non-hydrogen) atoms. The fourth-order valence-corrected chi connectivity index (χ4v) is 3.95. The normalized spacial score (nSPS) is 15.5. The number of carbonyl (C=O) groups excluding carboxylic acids is 1. The molecule has 0 radical (unpaired) electrons. The van der Waals surface area contributed by atoms with E-state index in [4.69, 9.17) is 0 Å². The highest BCUT2D eigenvalue weighted by Crippen LogP contribution is 2.30. The third-order valence-electron chi connectivity index (χ3n) is 5.20. The van der Waals surface area contributed by atoms with Crippen molar-refractivity contribution in [3.05, 3.63) is 53.0 Å². The summed E-state index contributed by atoms with van der Waals surface area (Å²) in [6, 6.07) is 10.1. The number of carbonyl (C=O) groups is 1. The van der Waals surface area contributed by atoms with E-state index in [-0.39, 0.29) is 5.91 Å². The van der Waals surface area contributed by atoms with E-state index in [1.54, 1.807) is 4.90 Å². The van der Waals surface area contributed by atoms with E-state index in [0.29, 0.717) is 18.8 Å². The number of benzene rings is 1. The molecule has 0 bridgehead atoms. The van der Waals surface area contributed by atoms with Crippen LogP contribution in [0, 0.1) is 13.8 Å². The topological polar surface area (TPSA) is 63.3 Å². The van der Waals surface area contributed by atoms with Crippen molar-refractivity contribution in [1.29, 1.82) is 0 Å². The average Bonchev–Trinajstić information content (AvgIpc) is 3.09. The first-order valence-electron chi connectivity index (χ1n) is 9.00. The Bertz CT molecular complexity index is 985. The van der Waals surface area contributed by atoms with Gasteiger partial charge in [0.25, 0.3) is 5.91 Å². The van der Waals surface area contributed by atoms with Crippen LogP contribution in [0.4, 0.5) is 0 Å². The highest BCUT2D eigenvalue weighted by Gasteiger charge is 2.29. The van der Waals surface area contributed by atoms with Gasteiger partial charge in [0, 0.05) is 30.2 Å². The van der Waals surface area contributed by atoms with Crippen molar-refractivity contribution in [1.82, 2.24) is 19.2 Å². The molecule has 1 amide bonds. The van der Waals surface area contributed by atoms with Crippen LogP contribution in [0.2, 0.25) is 0 Å². The molecule has 136 valence electrons.